The summed E-state index contributed by atoms with van der Waals surface area (Å²) >= 11 is 1.63. The van der Waals surface area contributed by atoms with Crippen LogP contribution in [-0.4, -0.2) is 22.9 Å². The van der Waals surface area contributed by atoms with Gasteiger partial charge in [0.25, 0.3) is 0 Å². The first-order chi connectivity index (χ1) is 13.3. The number of aromatic hydroxyl groups is 1. The van der Waals surface area contributed by atoms with E-state index in [0.717, 1.165) is 33.9 Å². The summed E-state index contributed by atoms with van der Waals surface area (Å²) < 4.78 is 11.9. The summed E-state index contributed by atoms with van der Waals surface area (Å²) in [4.78, 5) is 0. The quantitative estimate of drug-likeness (QED) is 0.717. The third kappa shape index (κ3) is 2.56. The van der Waals surface area contributed by atoms with E-state index in [4.69, 9.17) is 14.6 Å². The highest BCUT2D eigenvalue weighted by molar-refractivity contribution is 7.07. The van der Waals surface area contributed by atoms with E-state index < -0.39 is 0 Å². The van der Waals surface area contributed by atoms with Crippen LogP contribution in [0.5, 0.6) is 17.2 Å². The van der Waals surface area contributed by atoms with E-state index >= 15 is 0 Å². The molecule has 6 heteroatoms. The van der Waals surface area contributed by atoms with Gasteiger partial charge in [-0.3, -0.25) is 0 Å². The van der Waals surface area contributed by atoms with Crippen LogP contribution >= 0.6 is 11.3 Å². The van der Waals surface area contributed by atoms with Crippen LogP contribution in [0.1, 0.15) is 35.4 Å². The van der Waals surface area contributed by atoms with Crippen LogP contribution < -0.4 is 9.47 Å². The lowest BCUT2D eigenvalue weighted by Crippen LogP contribution is -2.33. The number of phenols is 1. The minimum Gasteiger partial charge on any atom is -0.507 e. The standard InChI is InChI=1S/C21H18N2O3S/c1-25-19-8-4-6-15-17-11-16(14-5-2-3-7-18(14)24)22-23(17)21(26-20(15)19)13-9-10-27-12-13/h2-10,12,17,21,24H,11H2,1H3/t17-,21-/m1/s1. The lowest BCUT2D eigenvalue weighted by molar-refractivity contribution is -0.0206. The van der Waals surface area contributed by atoms with E-state index in [-0.39, 0.29) is 18.0 Å². The minimum atomic E-state index is -0.326. The van der Waals surface area contributed by atoms with Gasteiger partial charge in [0.2, 0.25) is 6.23 Å². The van der Waals surface area contributed by atoms with Gasteiger partial charge in [0.05, 0.1) is 18.9 Å². The number of nitrogens with zero attached hydrogens (tertiary/aromatic N) is 2. The monoisotopic (exact) mass is 378 g/mol. The Hall–Kier alpha value is -2.99. The molecule has 2 aliphatic heterocycles. The Morgan fingerprint density at radius 1 is 1.19 bits per heavy atom. The van der Waals surface area contributed by atoms with E-state index in [0.29, 0.717) is 6.42 Å². The third-order valence-electron chi connectivity index (χ3n) is 5.04. The smallest absolute Gasteiger partial charge is 0.214 e. The molecule has 136 valence electrons. The number of fused-ring (bicyclic) bond motifs is 3. The summed E-state index contributed by atoms with van der Waals surface area (Å²) in [6, 6.07) is 15.4. The zero-order valence-electron chi connectivity index (χ0n) is 14.7. The van der Waals surface area contributed by atoms with Gasteiger partial charge in [0, 0.05) is 23.1 Å². The number of hydrogen-bond acceptors (Lipinski definition) is 6. The van der Waals surface area contributed by atoms with Gasteiger partial charge in [-0.2, -0.15) is 16.4 Å². The number of methoxy groups -OCH3 is 1. The molecule has 0 saturated carbocycles. The molecule has 1 N–H and O–H groups in total. The maximum Gasteiger partial charge on any atom is 0.214 e. The van der Waals surface area contributed by atoms with Crippen LogP contribution in [0.25, 0.3) is 0 Å². The molecule has 0 unspecified atom stereocenters. The van der Waals surface area contributed by atoms with Gasteiger partial charge in [-0.1, -0.05) is 24.3 Å². The van der Waals surface area contributed by atoms with Crippen molar-refractivity contribution < 1.29 is 14.6 Å². The zero-order chi connectivity index (χ0) is 18.4. The van der Waals surface area contributed by atoms with E-state index in [1.54, 1.807) is 24.5 Å². The molecule has 27 heavy (non-hydrogen) atoms. The fourth-order valence-corrected chi connectivity index (χ4v) is 4.43. The number of benzene rings is 2. The first-order valence-electron chi connectivity index (χ1n) is 8.76. The number of ether oxygens (including phenoxy) is 2. The highest BCUT2D eigenvalue weighted by Gasteiger charge is 2.42. The van der Waals surface area contributed by atoms with Crippen molar-refractivity contribution in [3.63, 3.8) is 0 Å². The molecular weight excluding hydrogens is 360 g/mol. The van der Waals surface area contributed by atoms with Crippen molar-refractivity contribution in [2.75, 3.05) is 7.11 Å². The summed E-state index contributed by atoms with van der Waals surface area (Å²) in [6.07, 6.45) is 0.371. The number of phenolic OH excluding ortho intramolecular Hbond substituents is 1. The topological polar surface area (TPSA) is 54.3 Å². The van der Waals surface area contributed by atoms with E-state index in [1.165, 1.54) is 0 Å². The average Bonchev–Trinajstić information content (AvgIpc) is 3.37. The molecule has 0 fully saturated rings. The van der Waals surface area contributed by atoms with Crippen molar-refractivity contribution in [1.29, 1.82) is 0 Å². The Morgan fingerprint density at radius 3 is 2.85 bits per heavy atom. The number of hydrazone groups is 1. The molecule has 0 spiro atoms. The molecule has 0 saturated heterocycles. The Kier molecular flexibility index (Phi) is 3.79. The molecule has 0 bridgehead atoms. The van der Waals surface area contributed by atoms with Gasteiger partial charge in [0.15, 0.2) is 11.5 Å². The normalized spacial score (nSPS) is 20.5. The first-order valence-corrected chi connectivity index (χ1v) is 9.70. The first kappa shape index (κ1) is 16.2. The summed E-state index contributed by atoms with van der Waals surface area (Å²) in [5.41, 5.74) is 3.73. The van der Waals surface area contributed by atoms with Crippen molar-refractivity contribution in [2.24, 2.45) is 5.10 Å². The van der Waals surface area contributed by atoms with Crippen molar-refractivity contribution in [3.8, 4) is 17.2 Å². The lowest BCUT2D eigenvalue weighted by atomic mass is 9.95. The Balaban J connectivity index is 1.63. The van der Waals surface area contributed by atoms with Crippen molar-refractivity contribution >= 4 is 17.0 Å². The highest BCUT2D eigenvalue weighted by Crippen LogP contribution is 2.51. The van der Waals surface area contributed by atoms with Crippen LogP contribution in [0.15, 0.2) is 64.4 Å². The second-order valence-electron chi connectivity index (χ2n) is 6.57. The van der Waals surface area contributed by atoms with E-state index in [2.05, 4.69) is 17.5 Å². The molecule has 2 aliphatic rings. The second-order valence-corrected chi connectivity index (χ2v) is 7.35. The SMILES string of the molecule is COc1cccc2c1O[C@H](c1ccsc1)N1N=C(c3ccccc3O)C[C@H]21. The number of hydrogen-bond donors (Lipinski definition) is 1. The van der Waals surface area contributed by atoms with Crippen LogP contribution in [0.3, 0.4) is 0 Å². The second kappa shape index (κ2) is 6.32. The number of rotatable bonds is 3. The summed E-state index contributed by atoms with van der Waals surface area (Å²) in [5.74, 6) is 1.74. The average molecular weight is 378 g/mol. The van der Waals surface area contributed by atoms with Gasteiger partial charge in [0.1, 0.15) is 5.75 Å². The lowest BCUT2D eigenvalue weighted by Gasteiger charge is -2.38. The summed E-state index contributed by atoms with van der Waals surface area (Å²) in [6.45, 7) is 0. The van der Waals surface area contributed by atoms with Crippen molar-refractivity contribution in [2.45, 2.75) is 18.7 Å². The maximum atomic E-state index is 10.3. The fraction of sp³-hybridized carbons (Fsp3) is 0.190. The molecular formula is C21H18N2O3S. The predicted octanol–water partition coefficient (Wildman–Crippen LogP) is 4.70. The summed E-state index contributed by atoms with van der Waals surface area (Å²) in [5, 5.41) is 21.3. The molecule has 2 atom stereocenters. The molecule has 5 rings (SSSR count). The van der Waals surface area contributed by atoms with Crippen LogP contribution in [0.2, 0.25) is 0 Å². The highest BCUT2D eigenvalue weighted by atomic mass is 32.1. The van der Waals surface area contributed by atoms with Crippen LogP contribution in [0, 0.1) is 0 Å². The molecule has 0 aliphatic carbocycles. The van der Waals surface area contributed by atoms with E-state index in [1.807, 2.05) is 40.7 Å². The number of para-hydroxylation sites is 2. The maximum absolute atomic E-state index is 10.3. The van der Waals surface area contributed by atoms with Gasteiger partial charge >= 0.3 is 0 Å². The molecule has 5 nitrogen and oxygen atoms in total. The molecule has 2 aromatic carbocycles. The van der Waals surface area contributed by atoms with Crippen molar-refractivity contribution in [3.05, 3.63) is 76.0 Å². The molecule has 0 amide bonds. The van der Waals surface area contributed by atoms with Gasteiger partial charge < -0.3 is 14.6 Å². The Labute approximate surface area is 161 Å². The third-order valence-corrected chi connectivity index (χ3v) is 5.74. The van der Waals surface area contributed by atoms with Gasteiger partial charge in [-0.25, -0.2) is 5.01 Å². The van der Waals surface area contributed by atoms with Gasteiger partial charge in [-0.05, 0) is 35.0 Å². The molecule has 0 radical (unpaired) electrons. The Bertz CT molecular complexity index is 1020. The number of thiophene rings is 1. The summed E-state index contributed by atoms with van der Waals surface area (Å²) in [7, 11) is 1.66. The molecule has 3 heterocycles. The van der Waals surface area contributed by atoms with Crippen molar-refractivity contribution in [1.82, 2.24) is 5.01 Å². The van der Waals surface area contributed by atoms with Crippen LogP contribution in [0.4, 0.5) is 0 Å². The molecule has 3 aromatic rings. The largest absolute Gasteiger partial charge is 0.507 e. The van der Waals surface area contributed by atoms with Crippen LogP contribution in [-0.2, 0) is 0 Å². The molecule has 1 aromatic heterocycles. The predicted molar refractivity (Wildman–Crippen MR) is 105 cm³/mol. The Morgan fingerprint density at radius 2 is 2.07 bits per heavy atom. The zero-order valence-corrected chi connectivity index (χ0v) is 15.5. The van der Waals surface area contributed by atoms with E-state index in [9.17, 15) is 5.11 Å². The fourth-order valence-electron chi connectivity index (χ4n) is 3.76. The van der Waals surface area contributed by atoms with Gasteiger partial charge in [-0.15, -0.1) is 0 Å². The minimum absolute atomic E-state index is 0.0309.